The molecule has 0 aromatic rings. The van der Waals surface area contributed by atoms with Crippen LogP contribution in [0.25, 0.3) is 0 Å². The summed E-state index contributed by atoms with van der Waals surface area (Å²) in [6, 6.07) is 0. The van der Waals surface area contributed by atoms with Crippen molar-refractivity contribution < 1.29 is 57.2 Å². The van der Waals surface area contributed by atoms with Gasteiger partial charge in [0, 0.05) is 6.54 Å². The van der Waals surface area contributed by atoms with Gasteiger partial charge < -0.3 is 19.7 Å². The Labute approximate surface area is 199 Å². The zero-order chi connectivity index (χ0) is 21.1. The van der Waals surface area contributed by atoms with Crippen LogP contribution in [0.5, 0.6) is 0 Å². The maximum atomic E-state index is 12.0. The predicted octanol–water partition coefficient (Wildman–Crippen LogP) is 0.121. The number of aliphatic hydroxyl groups excluding tert-OH is 1. The molecule has 1 atom stereocenters. The molecule has 0 radical (unpaired) electrons. The zero-order valence-electron chi connectivity index (χ0n) is 18.5. The molecule has 0 aliphatic carbocycles. The number of hydrogen-bond donors (Lipinski definition) is 2. The van der Waals surface area contributed by atoms with E-state index in [1.807, 2.05) is 0 Å². The Hall–Kier alpha value is 0.300. The summed E-state index contributed by atoms with van der Waals surface area (Å²) in [7, 11) is -4.67. The van der Waals surface area contributed by atoms with Crippen LogP contribution in [0, 0.1) is 0 Å². The number of unbranched alkanes of at least 4 members (excludes halogenated alkanes) is 11. The summed E-state index contributed by atoms with van der Waals surface area (Å²) in [6.07, 6.45) is 13.8. The van der Waals surface area contributed by atoms with Gasteiger partial charge in [-0.15, -0.1) is 0 Å². The maximum absolute atomic E-state index is 12.0. The molecule has 0 saturated carbocycles. The van der Waals surface area contributed by atoms with Crippen LogP contribution in [-0.2, 0) is 19.6 Å². The van der Waals surface area contributed by atoms with E-state index in [0.29, 0.717) is 6.42 Å². The van der Waals surface area contributed by atoms with E-state index in [4.69, 9.17) is 9.84 Å². The van der Waals surface area contributed by atoms with Crippen molar-refractivity contribution in [3.8, 4) is 0 Å². The van der Waals surface area contributed by atoms with Gasteiger partial charge in [-0.25, -0.2) is 8.42 Å². The van der Waals surface area contributed by atoms with E-state index in [1.165, 1.54) is 51.4 Å². The average molecular weight is 446 g/mol. The molecule has 0 saturated heterocycles. The summed E-state index contributed by atoms with van der Waals surface area (Å²) in [5, 5.41) is 9.46. The largest absolute Gasteiger partial charge is 1.00 e. The van der Waals surface area contributed by atoms with Gasteiger partial charge in [0.2, 0.25) is 5.91 Å². The maximum Gasteiger partial charge on any atom is 1.00 e. The quantitative estimate of drug-likeness (QED) is 0.156. The van der Waals surface area contributed by atoms with E-state index in [-0.39, 0.29) is 62.3 Å². The molecule has 0 aromatic carbocycles. The van der Waals surface area contributed by atoms with Crippen LogP contribution in [0.4, 0.5) is 0 Å². The summed E-state index contributed by atoms with van der Waals surface area (Å²) in [6.45, 7) is 2.53. The van der Waals surface area contributed by atoms with Gasteiger partial charge in [-0.3, -0.25) is 4.79 Å². The van der Waals surface area contributed by atoms with Crippen molar-refractivity contribution in [1.29, 1.82) is 0 Å². The molecular weight excluding hydrogens is 405 g/mol. The monoisotopic (exact) mass is 445 g/mol. The number of ether oxygens (including phenoxy) is 1. The van der Waals surface area contributed by atoms with Crippen molar-refractivity contribution in [3.05, 3.63) is 0 Å². The van der Waals surface area contributed by atoms with Crippen LogP contribution in [0.3, 0.4) is 0 Å². The van der Waals surface area contributed by atoms with E-state index >= 15 is 0 Å². The molecule has 168 valence electrons. The molecule has 9 heteroatoms. The summed E-state index contributed by atoms with van der Waals surface area (Å²) in [5.41, 5.74) is 0. The molecule has 1 unspecified atom stereocenters. The molecule has 0 rings (SSSR count). The fourth-order valence-electron chi connectivity index (χ4n) is 3.10. The average Bonchev–Trinajstić information content (AvgIpc) is 2.64. The molecule has 2 N–H and O–H groups in total. The standard InChI is InChI=1S/C20H41NO6S.Na/c1-2-3-4-5-6-7-8-9-10-11-12-13-14-19(28(24,25)26)20(23)21-15-17-27-18-16-22;/h19,22H,2-18H2,1H3,(H,21,23)(H,24,25,26);/q;+1/p-1. The molecule has 29 heavy (non-hydrogen) atoms. The summed E-state index contributed by atoms with van der Waals surface area (Å²) in [5.74, 6) is -0.759. The molecule has 0 aromatic heterocycles. The SMILES string of the molecule is CCCCCCCCCCCCCCC(C(=O)NCCOCCO)S(=O)(=O)[O-].[Na+]. The molecule has 0 aliphatic rings. The first-order valence-corrected chi connectivity index (χ1v) is 12.3. The first-order valence-electron chi connectivity index (χ1n) is 10.8. The predicted molar refractivity (Wildman–Crippen MR) is 110 cm³/mol. The Balaban J connectivity index is 0. The van der Waals surface area contributed by atoms with Crippen molar-refractivity contribution in [2.45, 2.75) is 95.6 Å². The summed E-state index contributed by atoms with van der Waals surface area (Å²) in [4.78, 5) is 12.0. The van der Waals surface area contributed by atoms with Gasteiger partial charge in [0.05, 0.1) is 19.8 Å². The fraction of sp³-hybridized carbons (Fsp3) is 0.950. The molecule has 0 heterocycles. The van der Waals surface area contributed by atoms with E-state index in [2.05, 4.69) is 12.2 Å². The van der Waals surface area contributed by atoms with Crippen LogP contribution >= 0.6 is 0 Å². The van der Waals surface area contributed by atoms with Gasteiger partial charge in [-0.2, -0.15) is 0 Å². The molecule has 7 nitrogen and oxygen atoms in total. The number of nitrogens with one attached hydrogen (secondary N) is 1. The molecule has 0 fully saturated rings. The number of aliphatic hydroxyl groups is 1. The molecular formula is C20H40NNaO6S. The number of carbonyl (C=O) groups is 1. The topological polar surface area (TPSA) is 116 Å². The van der Waals surface area contributed by atoms with Crippen molar-refractivity contribution >= 4 is 16.0 Å². The van der Waals surface area contributed by atoms with Crippen LogP contribution in [0.1, 0.15) is 90.4 Å². The fourth-order valence-corrected chi connectivity index (χ4v) is 3.90. The van der Waals surface area contributed by atoms with Gasteiger partial charge in [-0.1, -0.05) is 84.0 Å². The minimum atomic E-state index is -4.67. The van der Waals surface area contributed by atoms with Gasteiger partial charge in [0.15, 0.2) is 0 Å². The van der Waals surface area contributed by atoms with Crippen LogP contribution in [0.15, 0.2) is 0 Å². The van der Waals surface area contributed by atoms with E-state index in [1.54, 1.807) is 0 Å². The minimum absolute atomic E-state index is 0. The number of carbonyl (C=O) groups excluding carboxylic acids is 1. The molecule has 0 bridgehead atoms. The van der Waals surface area contributed by atoms with Crippen molar-refractivity contribution in [1.82, 2.24) is 5.32 Å². The van der Waals surface area contributed by atoms with E-state index in [0.717, 1.165) is 19.3 Å². The smallest absolute Gasteiger partial charge is 0.747 e. The van der Waals surface area contributed by atoms with Crippen molar-refractivity contribution in [2.75, 3.05) is 26.4 Å². The van der Waals surface area contributed by atoms with Crippen LogP contribution in [0.2, 0.25) is 0 Å². The summed E-state index contributed by atoms with van der Waals surface area (Å²) >= 11 is 0. The normalized spacial score (nSPS) is 12.4. The number of rotatable bonds is 20. The Kier molecular flexibility index (Phi) is 23.4. The third-order valence-corrected chi connectivity index (χ3v) is 5.89. The third-order valence-electron chi connectivity index (χ3n) is 4.74. The van der Waals surface area contributed by atoms with E-state index < -0.39 is 21.3 Å². The van der Waals surface area contributed by atoms with Gasteiger partial charge >= 0.3 is 29.6 Å². The van der Waals surface area contributed by atoms with Gasteiger partial charge in [0.25, 0.3) is 0 Å². The van der Waals surface area contributed by atoms with Gasteiger partial charge in [0.1, 0.15) is 15.4 Å². The Morgan fingerprint density at radius 1 is 0.931 bits per heavy atom. The van der Waals surface area contributed by atoms with Gasteiger partial charge in [-0.05, 0) is 6.42 Å². The minimum Gasteiger partial charge on any atom is -0.747 e. The second-order valence-electron chi connectivity index (χ2n) is 7.29. The number of hydrogen-bond acceptors (Lipinski definition) is 6. The first-order chi connectivity index (χ1) is 13.4. The molecule has 0 aliphatic heterocycles. The van der Waals surface area contributed by atoms with Crippen molar-refractivity contribution in [3.63, 3.8) is 0 Å². The summed E-state index contributed by atoms with van der Waals surface area (Å²) < 4.78 is 39.1. The van der Waals surface area contributed by atoms with E-state index in [9.17, 15) is 17.8 Å². The Morgan fingerprint density at radius 3 is 1.86 bits per heavy atom. The Morgan fingerprint density at radius 2 is 1.41 bits per heavy atom. The second kappa shape index (κ2) is 21.5. The molecule has 1 amide bonds. The number of amides is 1. The zero-order valence-corrected chi connectivity index (χ0v) is 21.3. The second-order valence-corrected chi connectivity index (χ2v) is 8.84. The third kappa shape index (κ3) is 20.0. The molecule has 0 spiro atoms. The van der Waals surface area contributed by atoms with Crippen LogP contribution in [-0.4, -0.2) is 55.6 Å². The Bertz CT molecular complexity index is 476. The van der Waals surface area contributed by atoms with Crippen molar-refractivity contribution in [2.24, 2.45) is 0 Å². The first kappa shape index (κ1) is 31.5. The van der Waals surface area contributed by atoms with Crippen LogP contribution < -0.4 is 34.9 Å².